The van der Waals surface area contributed by atoms with Crippen LogP contribution in [0.4, 0.5) is 5.95 Å². The molecule has 0 fully saturated rings. The molecule has 1 aromatic carbocycles. The van der Waals surface area contributed by atoms with Crippen molar-refractivity contribution in [2.24, 2.45) is 0 Å². The summed E-state index contributed by atoms with van der Waals surface area (Å²) in [4.78, 5) is 16.0. The van der Waals surface area contributed by atoms with Crippen molar-refractivity contribution in [1.29, 1.82) is 0 Å². The quantitative estimate of drug-likeness (QED) is 0.900. The molecule has 2 aromatic rings. The molecule has 0 atom stereocenters. The Morgan fingerprint density at radius 2 is 1.90 bits per heavy atom. The maximum Gasteiger partial charge on any atom is 0.336 e. The topological polar surface area (TPSA) is 79.9 Å². The molecule has 0 bridgehead atoms. The van der Waals surface area contributed by atoms with Gasteiger partial charge in [0.15, 0.2) is 0 Å². The van der Waals surface area contributed by atoms with Crippen molar-refractivity contribution in [2.75, 3.05) is 12.4 Å². The molecule has 1 amide bonds. The van der Waals surface area contributed by atoms with Crippen molar-refractivity contribution in [1.82, 2.24) is 15.2 Å². The zero-order valence-corrected chi connectivity index (χ0v) is 12.0. The standard InChI is InChI=1S/C14H18N4O2/c1-14(2,3)10-7-5-9(6-8-10)11(19)15-12-16-13(20-4)18-17-12/h5-8H,1-4H3,(H2,15,16,17,18,19). The Bertz CT molecular complexity index is 596. The summed E-state index contributed by atoms with van der Waals surface area (Å²) in [7, 11) is 1.46. The second-order valence-corrected chi connectivity index (χ2v) is 5.45. The number of carbonyl (C=O) groups excluding carboxylic acids is 1. The van der Waals surface area contributed by atoms with Crippen molar-refractivity contribution in [3.63, 3.8) is 0 Å². The average Bonchev–Trinajstić information content (AvgIpc) is 2.85. The Kier molecular flexibility index (Phi) is 3.74. The zero-order chi connectivity index (χ0) is 14.8. The molecule has 0 saturated carbocycles. The summed E-state index contributed by atoms with van der Waals surface area (Å²) in [5.74, 6) is 0.0102. The third-order valence-electron chi connectivity index (χ3n) is 2.89. The third-order valence-corrected chi connectivity index (χ3v) is 2.89. The number of methoxy groups -OCH3 is 1. The fourth-order valence-corrected chi connectivity index (χ4v) is 1.69. The van der Waals surface area contributed by atoms with Gasteiger partial charge in [-0.1, -0.05) is 32.9 Å². The van der Waals surface area contributed by atoms with Crippen LogP contribution < -0.4 is 10.1 Å². The minimum absolute atomic E-state index is 0.0628. The number of aromatic amines is 1. The fraction of sp³-hybridized carbons (Fsp3) is 0.357. The van der Waals surface area contributed by atoms with Crippen molar-refractivity contribution < 1.29 is 9.53 Å². The minimum atomic E-state index is -0.246. The zero-order valence-electron chi connectivity index (χ0n) is 12.0. The van der Waals surface area contributed by atoms with E-state index in [1.807, 2.05) is 12.1 Å². The highest BCUT2D eigenvalue weighted by atomic mass is 16.5. The van der Waals surface area contributed by atoms with Crippen LogP contribution in [0.5, 0.6) is 6.01 Å². The average molecular weight is 274 g/mol. The molecule has 0 aliphatic heterocycles. The van der Waals surface area contributed by atoms with Gasteiger partial charge in [0.05, 0.1) is 7.11 Å². The molecule has 6 nitrogen and oxygen atoms in total. The molecule has 1 heterocycles. The van der Waals surface area contributed by atoms with Crippen LogP contribution in [0.1, 0.15) is 36.7 Å². The molecule has 6 heteroatoms. The highest BCUT2D eigenvalue weighted by Gasteiger charge is 2.15. The van der Waals surface area contributed by atoms with E-state index in [0.29, 0.717) is 5.56 Å². The van der Waals surface area contributed by atoms with Crippen LogP contribution in [0.15, 0.2) is 24.3 Å². The van der Waals surface area contributed by atoms with Crippen LogP contribution in [0.3, 0.4) is 0 Å². The Morgan fingerprint density at radius 3 is 2.40 bits per heavy atom. The summed E-state index contributed by atoms with van der Waals surface area (Å²) in [6, 6.07) is 7.68. The number of hydrogen-bond donors (Lipinski definition) is 2. The first kappa shape index (κ1) is 14.0. The number of amides is 1. The lowest BCUT2D eigenvalue weighted by atomic mass is 9.87. The number of carbonyl (C=O) groups is 1. The van der Waals surface area contributed by atoms with Crippen LogP contribution in [0.25, 0.3) is 0 Å². The fourth-order valence-electron chi connectivity index (χ4n) is 1.69. The van der Waals surface area contributed by atoms with Gasteiger partial charge in [0.25, 0.3) is 5.91 Å². The molecule has 2 N–H and O–H groups in total. The van der Waals surface area contributed by atoms with Crippen LogP contribution in [0, 0.1) is 0 Å². The number of ether oxygens (including phenoxy) is 1. The first-order valence-electron chi connectivity index (χ1n) is 6.28. The van der Waals surface area contributed by atoms with Gasteiger partial charge in [0.2, 0.25) is 5.95 Å². The highest BCUT2D eigenvalue weighted by molar-refractivity contribution is 6.03. The number of rotatable bonds is 3. The Labute approximate surface area is 117 Å². The maximum atomic E-state index is 12.0. The van der Waals surface area contributed by atoms with Gasteiger partial charge in [0, 0.05) is 5.56 Å². The second-order valence-electron chi connectivity index (χ2n) is 5.45. The van der Waals surface area contributed by atoms with E-state index in [4.69, 9.17) is 4.74 Å². The SMILES string of the molecule is COc1n[nH]c(NC(=O)c2ccc(C(C)(C)C)cc2)n1. The molecule has 0 aliphatic carbocycles. The number of aromatic nitrogens is 3. The predicted octanol–water partition coefficient (Wildman–Crippen LogP) is 2.36. The van der Waals surface area contributed by atoms with E-state index in [0.717, 1.165) is 0 Å². The number of benzene rings is 1. The Balaban J connectivity index is 2.09. The molecule has 20 heavy (non-hydrogen) atoms. The molecule has 1 aromatic heterocycles. The summed E-state index contributed by atoms with van der Waals surface area (Å²) in [6.45, 7) is 6.38. The number of anilines is 1. The normalized spacial score (nSPS) is 11.2. The summed E-state index contributed by atoms with van der Waals surface area (Å²) < 4.78 is 4.83. The van der Waals surface area contributed by atoms with Gasteiger partial charge in [-0.05, 0) is 23.1 Å². The van der Waals surface area contributed by atoms with Crippen LogP contribution in [-0.2, 0) is 5.41 Å². The molecule has 0 radical (unpaired) electrons. The largest absolute Gasteiger partial charge is 0.466 e. The number of nitrogens with one attached hydrogen (secondary N) is 2. The third kappa shape index (κ3) is 3.14. The van der Waals surface area contributed by atoms with Gasteiger partial charge >= 0.3 is 6.01 Å². The van der Waals surface area contributed by atoms with Crippen LogP contribution in [-0.4, -0.2) is 28.2 Å². The van der Waals surface area contributed by atoms with Crippen molar-refractivity contribution in [3.8, 4) is 6.01 Å². The summed E-state index contributed by atoms with van der Waals surface area (Å²) in [6.07, 6.45) is 0. The molecule has 106 valence electrons. The summed E-state index contributed by atoms with van der Waals surface area (Å²) in [5, 5.41) is 8.95. The Morgan fingerprint density at radius 1 is 1.25 bits per heavy atom. The van der Waals surface area contributed by atoms with Crippen molar-refractivity contribution in [2.45, 2.75) is 26.2 Å². The van der Waals surface area contributed by atoms with Gasteiger partial charge in [-0.25, -0.2) is 5.10 Å². The lowest BCUT2D eigenvalue weighted by molar-refractivity contribution is 0.102. The molecule has 0 aliphatic rings. The molecule has 2 rings (SSSR count). The first-order chi connectivity index (χ1) is 9.40. The monoisotopic (exact) mass is 274 g/mol. The van der Waals surface area contributed by atoms with E-state index in [9.17, 15) is 4.79 Å². The minimum Gasteiger partial charge on any atom is -0.466 e. The summed E-state index contributed by atoms with van der Waals surface area (Å²) in [5.41, 5.74) is 1.80. The van der Waals surface area contributed by atoms with E-state index >= 15 is 0 Å². The molecule has 0 saturated heterocycles. The second kappa shape index (κ2) is 5.32. The first-order valence-corrected chi connectivity index (χ1v) is 6.28. The van der Waals surface area contributed by atoms with E-state index in [1.54, 1.807) is 12.1 Å². The summed E-state index contributed by atoms with van der Waals surface area (Å²) >= 11 is 0. The molecular formula is C14H18N4O2. The molecular weight excluding hydrogens is 256 g/mol. The highest BCUT2D eigenvalue weighted by Crippen LogP contribution is 2.22. The lowest BCUT2D eigenvalue weighted by Gasteiger charge is -2.18. The lowest BCUT2D eigenvalue weighted by Crippen LogP contribution is -2.15. The van der Waals surface area contributed by atoms with Gasteiger partial charge in [-0.15, -0.1) is 5.10 Å². The van der Waals surface area contributed by atoms with Gasteiger partial charge in [-0.2, -0.15) is 4.98 Å². The van der Waals surface area contributed by atoms with Gasteiger partial charge in [0.1, 0.15) is 0 Å². The number of nitrogens with zero attached hydrogens (tertiary/aromatic N) is 2. The molecule has 0 spiro atoms. The van der Waals surface area contributed by atoms with E-state index in [1.165, 1.54) is 12.7 Å². The number of H-pyrrole nitrogens is 1. The maximum absolute atomic E-state index is 12.0. The predicted molar refractivity (Wildman–Crippen MR) is 76.0 cm³/mol. The van der Waals surface area contributed by atoms with E-state index in [-0.39, 0.29) is 23.3 Å². The number of hydrogen-bond acceptors (Lipinski definition) is 4. The van der Waals surface area contributed by atoms with Crippen molar-refractivity contribution >= 4 is 11.9 Å². The van der Waals surface area contributed by atoms with Crippen LogP contribution >= 0.6 is 0 Å². The van der Waals surface area contributed by atoms with E-state index in [2.05, 4.69) is 41.3 Å². The van der Waals surface area contributed by atoms with Gasteiger partial charge < -0.3 is 4.74 Å². The smallest absolute Gasteiger partial charge is 0.336 e. The van der Waals surface area contributed by atoms with E-state index < -0.39 is 0 Å². The van der Waals surface area contributed by atoms with Gasteiger partial charge in [-0.3, -0.25) is 10.1 Å². The van der Waals surface area contributed by atoms with Crippen LogP contribution in [0.2, 0.25) is 0 Å². The van der Waals surface area contributed by atoms with Crippen molar-refractivity contribution in [3.05, 3.63) is 35.4 Å². The Hall–Kier alpha value is -2.37. The molecule has 0 unspecified atom stereocenters.